The Hall–Kier alpha value is -3.08. The number of rotatable bonds is 4. The number of hydrogen-bond donors (Lipinski definition) is 2. The van der Waals surface area contributed by atoms with Crippen LogP contribution in [-0.4, -0.2) is 33.4 Å². The molecule has 5 heteroatoms. The standard InChI is InChI=1S/C22H22N2O3/c1-14-6-8-19-18(12-14)16(13-23-19)7-9-20(25)24-11-10-15-4-2-3-5-17(15)21(24)22(26)27/h2-6,8,12-13,21,23H,7,9-11H2,1H3,(H,26,27). The second kappa shape index (κ2) is 6.91. The zero-order valence-electron chi connectivity index (χ0n) is 15.2. The number of nitrogens with one attached hydrogen (secondary N) is 1. The first-order valence-corrected chi connectivity index (χ1v) is 9.21. The third-order valence-corrected chi connectivity index (χ3v) is 5.37. The Morgan fingerprint density at radius 1 is 1.22 bits per heavy atom. The van der Waals surface area contributed by atoms with E-state index in [0.29, 0.717) is 25.8 Å². The summed E-state index contributed by atoms with van der Waals surface area (Å²) < 4.78 is 0. The Labute approximate surface area is 157 Å². The van der Waals surface area contributed by atoms with E-state index in [4.69, 9.17) is 0 Å². The quantitative estimate of drug-likeness (QED) is 0.744. The molecule has 4 rings (SSSR count). The van der Waals surface area contributed by atoms with E-state index in [2.05, 4.69) is 17.1 Å². The van der Waals surface area contributed by atoms with Crippen molar-refractivity contribution in [2.45, 2.75) is 32.2 Å². The number of nitrogens with zero attached hydrogens (tertiary/aromatic N) is 1. The summed E-state index contributed by atoms with van der Waals surface area (Å²) in [7, 11) is 0. The number of amides is 1. The van der Waals surface area contributed by atoms with Crippen LogP contribution in [0.15, 0.2) is 48.7 Å². The lowest BCUT2D eigenvalue weighted by molar-refractivity contribution is -0.151. The fraction of sp³-hybridized carbons (Fsp3) is 0.273. The van der Waals surface area contributed by atoms with Crippen LogP contribution in [0, 0.1) is 6.92 Å². The molecule has 0 fully saturated rings. The normalized spacial score (nSPS) is 16.3. The molecule has 0 saturated carbocycles. The Morgan fingerprint density at radius 3 is 2.85 bits per heavy atom. The molecular formula is C22H22N2O3. The summed E-state index contributed by atoms with van der Waals surface area (Å²) in [5.41, 5.74) is 5.06. The number of aromatic amines is 1. The molecule has 3 aromatic rings. The highest BCUT2D eigenvalue weighted by Crippen LogP contribution is 2.31. The minimum absolute atomic E-state index is 0.112. The highest BCUT2D eigenvalue weighted by Gasteiger charge is 2.35. The molecule has 1 unspecified atom stereocenters. The van der Waals surface area contributed by atoms with E-state index in [1.54, 1.807) is 0 Å². The zero-order valence-corrected chi connectivity index (χ0v) is 15.2. The van der Waals surface area contributed by atoms with Gasteiger partial charge in [0.1, 0.15) is 0 Å². The average Bonchev–Trinajstić information content (AvgIpc) is 3.07. The van der Waals surface area contributed by atoms with Crippen LogP contribution in [0.2, 0.25) is 0 Å². The number of hydrogen-bond acceptors (Lipinski definition) is 2. The van der Waals surface area contributed by atoms with Gasteiger partial charge >= 0.3 is 5.97 Å². The number of carbonyl (C=O) groups is 2. The molecular weight excluding hydrogens is 340 g/mol. The summed E-state index contributed by atoms with van der Waals surface area (Å²) in [4.78, 5) is 29.5. The fourth-order valence-electron chi connectivity index (χ4n) is 3.99. The molecule has 1 aromatic heterocycles. The molecule has 2 heterocycles. The summed E-state index contributed by atoms with van der Waals surface area (Å²) in [6.07, 6.45) is 3.52. The van der Waals surface area contributed by atoms with Crippen LogP contribution in [0.5, 0.6) is 0 Å². The van der Waals surface area contributed by atoms with Gasteiger partial charge in [0.25, 0.3) is 0 Å². The van der Waals surface area contributed by atoms with Crippen molar-refractivity contribution in [3.8, 4) is 0 Å². The van der Waals surface area contributed by atoms with E-state index in [0.717, 1.165) is 27.6 Å². The van der Waals surface area contributed by atoms with E-state index in [-0.39, 0.29) is 5.91 Å². The van der Waals surface area contributed by atoms with Gasteiger partial charge in [-0.25, -0.2) is 4.79 Å². The van der Waals surface area contributed by atoms with E-state index in [1.165, 1.54) is 10.5 Å². The number of fused-ring (bicyclic) bond motifs is 2. The van der Waals surface area contributed by atoms with Crippen LogP contribution < -0.4 is 0 Å². The molecule has 0 radical (unpaired) electrons. The molecule has 5 nitrogen and oxygen atoms in total. The van der Waals surface area contributed by atoms with Gasteiger partial charge < -0.3 is 15.0 Å². The lowest BCUT2D eigenvalue weighted by Gasteiger charge is -2.34. The first kappa shape index (κ1) is 17.3. The first-order chi connectivity index (χ1) is 13.0. The van der Waals surface area contributed by atoms with Crippen molar-refractivity contribution in [2.75, 3.05) is 6.54 Å². The minimum atomic E-state index is -0.974. The van der Waals surface area contributed by atoms with E-state index < -0.39 is 12.0 Å². The van der Waals surface area contributed by atoms with Crippen molar-refractivity contribution in [1.82, 2.24) is 9.88 Å². The maximum Gasteiger partial charge on any atom is 0.331 e. The van der Waals surface area contributed by atoms with Crippen LogP contribution in [0.4, 0.5) is 0 Å². The Morgan fingerprint density at radius 2 is 2.04 bits per heavy atom. The number of aromatic nitrogens is 1. The van der Waals surface area contributed by atoms with Gasteiger partial charge in [-0.05, 0) is 48.6 Å². The summed E-state index contributed by atoms with van der Waals surface area (Å²) in [5, 5.41) is 10.9. The van der Waals surface area contributed by atoms with Gasteiger partial charge in [0, 0.05) is 30.1 Å². The molecule has 0 bridgehead atoms. The summed E-state index contributed by atoms with van der Waals surface area (Å²) in [5.74, 6) is -1.09. The van der Waals surface area contributed by atoms with Crippen molar-refractivity contribution in [1.29, 1.82) is 0 Å². The largest absolute Gasteiger partial charge is 0.479 e. The highest BCUT2D eigenvalue weighted by atomic mass is 16.4. The van der Waals surface area contributed by atoms with Crippen LogP contribution >= 0.6 is 0 Å². The predicted molar refractivity (Wildman–Crippen MR) is 104 cm³/mol. The molecule has 1 aliphatic rings. The van der Waals surface area contributed by atoms with Gasteiger partial charge in [-0.1, -0.05) is 35.9 Å². The second-order valence-corrected chi connectivity index (χ2v) is 7.14. The van der Waals surface area contributed by atoms with Crippen molar-refractivity contribution in [3.05, 3.63) is 70.9 Å². The number of benzene rings is 2. The molecule has 0 saturated heterocycles. The number of H-pyrrole nitrogens is 1. The van der Waals surface area contributed by atoms with Gasteiger partial charge in [0.2, 0.25) is 5.91 Å². The molecule has 1 atom stereocenters. The molecule has 1 amide bonds. The van der Waals surface area contributed by atoms with Crippen LogP contribution in [0.25, 0.3) is 10.9 Å². The molecule has 0 spiro atoms. The fourth-order valence-corrected chi connectivity index (χ4v) is 3.99. The average molecular weight is 362 g/mol. The predicted octanol–water partition coefficient (Wildman–Crippen LogP) is 3.62. The number of aliphatic carboxylic acids is 1. The highest BCUT2D eigenvalue weighted by molar-refractivity contribution is 5.87. The Balaban J connectivity index is 1.54. The van der Waals surface area contributed by atoms with Gasteiger partial charge in [0.05, 0.1) is 0 Å². The molecule has 0 aliphatic carbocycles. The lowest BCUT2D eigenvalue weighted by Crippen LogP contribution is -2.43. The van der Waals surface area contributed by atoms with Gasteiger partial charge in [0.15, 0.2) is 6.04 Å². The van der Waals surface area contributed by atoms with E-state index in [1.807, 2.05) is 43.5 Å². The third kappa shape index (κ3) is 3.21. The molecule has 2 N–H and O–H groups in total. The molecule has 1 aliphatic heterocycles. The second-order valence-electron chi connectivity index (χ2n) is 7.14. The molecule has 27 heavy (non-hydrogen) atoms. The summed E-state index contributed by atoms with van der Waals surface area (Å²) in [6, 6.07) is 12.8. The van der Waals surface area contributed by atoms with Crippen molar-refractivity contribution in [2.24, 2.45) is 0 Å². The van der Waals surface area contributed by atoms with Gasteiger partial charge in [-0.3, -0.25) is 4.79 Å². The van der Waals surface area contributed by atoms with Crippen LogP contribution in [0.1, 0.15) is 34.7 Å². The third-order valence-electron chi connectivity index (χ3n) is 5.37. The van der Waals surface area contributed by atoms with E-state index >= 15 is 0 Å². The molecule has 138 valence electrons. The minimum Gasteiger partial charge on any atom is -0.479 e. The number of aryl methyl sites for hydroxylation is 2. The van der Waals surface area contributed by atoms with Crippen LogP contribution in [0.3, 0.4) is 0 Å². The van der Waals surface area contributed by atoms with E-state index in [9.17, 15) is 14.7 Å². The Bertz CT molecular complexity index is 1020. The smallest absolute Gasteiger partial charge is 0.331 e. The lowest BCUT2D eigenvalue weighted by atomic mass is 9.92. The van der Waals surface area contributed by atoms with Crippen molar-refractivity contribution >= 4 is 22.8 Å². The maximum atomic E-state index is 12.9. The SMILES string of the molecule is Cc1ccc2[nH]cc(CCC(=O)N3CCc4ccccc4C3C(=O)O)c2c1. The van der Waals surface area contributed by atoms with Crippen molar-refractivity contribution < 1.29 is 14.7 Å². The van der Waals surface area contributed by atoms with Crippen molar-refractivity contribution in [3.63, 3.8) is 0 Å². The first-order valence-electron chi connectivity index (χ1n) is 9.21. The Kier molecular flexibility index (Phi) is 4.44. The number of carboxylic acids is 1. The summed E-state index contributed by atoms with van der Waals surface area (Å²) >= 11 is 0. The summed E-state index contributed by atoms with van der Waals surface area (Å²) in [6.45, 7) is 2.49. The maximum absolute atomic E-state index is 12.9. The van der Waals surface area contributed by atoms with Gasteiger partial charge in [-0.2, -0.15) is 0 Å². The monoisotopic (exact) mass is 362 g/mol. The van der Waals surface area contributed by atoms with Gasteiger partial charge in [-0.15, -0.1) is 0 Å². The topological polar surface area (TPSA) is 73.4 Å². The zero-order chi connectivity index (χ0) is 19.0. The molecule has 2 aromatic carbocycles. The van der Waals surface area contributed by atoms with Crippen LogP contribution in [-0.2, 0) is 22.4 Å². The number of carboxylic acid groups (broad SMARTS) is 1. The number of carbonyl (C=O) groups excluding carboxylic acids is 1.